The minimum absolute atomic E-state index is 0.314. The second kappa shape index (κ2) is 6.92. The van der Waals surface area contributed by atoms with Crippen LogP contribution in [0.5, 0.6) is 5.75 Å². The monoisotopic (exact) mass is 263 g/mol. The van der Waals surface area contributed by atoms with Crippen molar-refractivity contribution >= 4 is 0 Å². The average molecular weight is 263 g/mol. The highest BCUT2D eigenvalue weighted by molar-refractivity contribution is 5.28. The van der Waals surface area contributed by atoms with E-state index in [1.165, 1.54) is 5.56 Å². The molecule has 0 saturated carbocycles. The van der Waals surface area contributed by atoms with Crippen LogP contribution in [0.15, 0.2) is 24.3 Å². The molecule has 0 radical (unpaired) electrons. The maximum absolute atomic E-state index is 9.10. The van der Waals surface area contributed by atoms with Gasteiger partial charge in [0.1, 0.15) is 12.4 Å². The minimum Gasteiger partial charge on any atom is -0.492 e. The van der Waals surface area contributed by atoms with Crippen molar-refractivity contribution in [3.05, 3.63) is 29.8 Å². The topological polar surface area (TPSA) is 32.7 Å². The predicted molar refractivity (Wildman–Crippen MR) is 77.7 cm³/mol. The van der Waals surface area contributed by atoms with Crippen molar-refractivity contribution in [2.75, 3.05) is 32.8 Å². The lowest BCUT2D eigenvalue weighted by molar-refractivity contribution is 0.204. The number of rotatable bonds is 6. The number of benzene rings is 1. The lowest BCUT2D eigenvalue weighted by atomic mass is 10.0. The third-order valence-electron chi connectivity index (χ3n) is 3.85. The Morgan fingerprint density at radius 1 is 1.32 bits per heavy atom. The Kier molecular flexibility index (Phi) is 5.23. The molecule has 106 valence electrons. The number of aliphatic hydroxyl groups is 1. The molecule has 19 heavy (non-hydrogen) atoms. The van der Waals surface area contributed by atoms with Gasteiger partial charge < -0.3 is 9.84 Å². The molecule has 3 heteroatoms. The first-order chi connectivity index (χ1) is 9.19. The number of nitrogens with zero attached hydrogens (tertiary/aromatic N) is 1. The maximum atomic E-state index is 9.10. The van der Waals surface area contributed by atoms with E-state index in [2.05, 4.69) is 43.0 Å². The third-order valence-corrected chi connectivity index (χ3v) is 3.85. The number of hydrogen-bond donors (Lipinski definition) is 1. The van der Waals surface area contributed by atoms with Gasteiger partial charge in [-0.2, -0.15) is 0 Å². The lowest BCUT2D eigenvalue weighted by Crippen LogP contribution is -2.26. The van der Waals surface area contributed by atoms with E-state index in [1.54, 1.807) is 0 Å². The highest BCUT2D eigenvalue weighted by Gasteiger charge is 2.21. The summed E-state index contributed by atoms with van der Waals surface area (Å²) in [6.45, 7) is 8.46. The first kappa shape index (κ1) is 14.4. The summed E-state index contributed by atoms with van der Waals surface area (Å²) in [5.74, 6) is 1.97. The van der Waals surface area contributed by atoms with Gasteiger partial charge in [0.25, 0.3) is 0 Å². The molecule has 1 atom stereocenters. The fourth-order valence-corrected chi connectivity index (χ4v) is 2.51. The van der Waals surface area contributed by atoms with Crippen LogP contribution in [0, 0.1) is 5.92 Å². The van der Waals surface area contributed by atoms with Crippen molar-refractivity contribution in [2.24, 2.45) is 5.92 Å². The highest BCUT2D eigenvalue weighted by Crippen LogP contribution is 2.19. The van der Waals surface area contributed by atoms with Crippen molar-refractivity contribution in [1.29, 1.82) is 0 Å². The molecule has 1 aliphatic heterocycles. The molecular formula is C16H25NO2. The standard InChI is InChI=1S/C16H25NO2/c1-13(2)15-3-5-16(6-4-15)19-10-9-17-8-7-14(11-17)12-18/h3-6,13-14,18H,7-12H2,1-2H3. The molecule has 1 unspecified atom stereocenters. The van der Waals surface area contributed by atoms with Crippen LogP contribution in [0.1, 0.15) is 31.7 Å². The largest absolute Gasteiger partial charge is 0.492 e. The molecular weight excluding hydrogens is 238 g/mol. The van der Waals surface area contributed by atoms with Gasteiger partial charge in [-0.1, -0.05) is 26.0 Å². The first-order valence-corrected chi connectivity index (χ1v) is 7.25. The van der Waals surface area contributed by atoms with Gasteiger partial charge in [-0.3, -0.25) is 4.90 Å². The van der Waals surface area contributed by atoms with Gasteiger partial charge in [-0.05, 0) is 42.5 Å². The second-order valence-electron chi connectivity index (χ2n) is 5.71. The molecule has 0 aromatic heterocycles. The molecule has 0 amide bonds. The molecule has 3 nitrogen and oxygen atoms in total. The minimum atomic E-state index is 0.314. The van der Waals surface area contributed by atoms with Crippen LogP contribution in [0.2, 0.25) is 0 Å². The van der Waals surface area contributed by atoms with Crippen LogP contribution in [0.4, 0.5) is 0 Å². The van der Waals surface area contributed by atoms with Crippen molar-refractivity contribution in [2.45, 2.75) is 26.2 Å². The second-order valence-corrected chi connectivity index (χ2v) is 5.71. The maximum Gasteiger partial charge on any atom is 0.119 e. The molecule has 2 rings (SSSR count). The van der Waals surface area contributed by atoms with Gasteiger partial charge in [0.05, 0.1) is 0 Å². The van der Waals surface area contributed by atoms with E-state index in [-0.39, 0.29) is 0 Å². The average Bonchev–Trinajstić information content (AvgIpc) is 2.87. The zero-order valence-corrected chi connectivity index (χ0v) is 12.0. The van der Waals surface area contributed by atoms with Crippen LogP contribution in [-0.2, 0) is 0 Å². The molecule has 0 spiro atoms. The Hall–Kier alpha value is -1.06. The van der Waals surface area contributed by atoms with E-state index in [0.29, 0.717) is 18.4 Å². The molecule has 0 aliphatic carbocycles. The van der Waals surface area contributed by atoms with Gasteiger partial charge >= 0.3 is 0 Å². The van der Waals surface area contributed by atoms with Crippen molar-refractivity contribution < 1.29 is 9.84 Å². The summed E-state index contributed by atoms with van der Waals surface area (Å²) < 4.78 is 5.77. The van der Waals surface area contributed by atoms with Gasteiger partial charge in [0.15, 0.2) is 0 Å². The molecule has 1 heterocycles. The van der Waals surface area contributed by atoms with E-state index in [9.17, 15) is 0 Å². The summed E-state index contributed by atoms with van der Waals surface area (Å²) in [6, 6.07) is 8.38. The zero-order chi connectivity index (χ0) is 13.7. The summed E-state index contributed by atoms with van der Waals surface area (Å²) >= 11 is 0. The van der Waals surface area contributed by atoms with Crippen molar-refractivity contribution in [1.82, 2.24) is 4.90 Å². The van der Waals surface area contributed by atoms with E-state index in [4.69, 9.17) is 9.84 Å². The first-order valence-electron chi connectivity index (χ1n) is 7.25. The van der Waals surface area contributed by atoms with E-state index in [0.717, 1.165) is 38.4 Å². The molecule has 1 aromatic rings. The van der Waals surface area contributed by atoms with E-state index >= 15 is 0 Å². The molecule has 0 bridgehead atoms. The van der Waals surface area contributed by atoms with Gasteiger partial charge in [0.2, 0.25) is 0 Å². The molecule has 1 aromatic carbocycles. The summed E-state index contributed by atoms with van der Waals surface area (Å²) in [5, 5.41) is 9.10. The van der Waals surface area contributed by atoms with Crippen molar-refractivity contribution in [3.63, 3.8) is 0 Å². The van der Waals surface area contributed by atoms with Crippen LogP contribution < -0.4 is 4.74 Å². The van der Waals surface area contributed by atoms with Crippen LogP contribution >= 0.6 is 0 Å². The summed E-state index contributed by atoms with van der Waals surface area (Å²) in [7, 11) is 0. The Morgan fingerprint density at radius 2 is 2.05 bits per heavy atom. The Labute approximate surface area is 116 Å². The fourth-order valence-electron chi connectivity index (χ4n) is 2.51. The number of ether oxygens (including phenoxy) is 1. The highest BCUT2D eigenvalue weighted by atomic mass is 16.5. The molecule has 1 aliphatic rings. The van der Waals surface area contributed by atoms with E-state index < -0.39 is 0 Å². The fraction of sp³-hybridized carbons (Fsp3) is 0.625. The van der Waals surface area contributed by atoms with Gasteiger partial charge in [0, 0.05) is 19.7 Å². The lowest BCUT2D eigenvalue weighted by Gasteiger charge is -2.16. The number of hydrogen-bond acceptors (Lipinski definition) is 3. The molecule has 1 N–H and O–H groups in total. The normalized spacial score (nSPS) is 20.1. The zero-order valence-electron chi connectivity index (χ0n) is 12.0. The summed E-state index contributed by atoms with van der Waals surface area (Å²) in [4.78, 5) is 2.36. The number of likely N-dealkylation sites (tertiary alicyclic amines) is 1. The predicted octanol–water partition coefficient (Wildman–Crippen LogP) is 2.50. The van der Waals surface area contributed by atoms with Crippen molar-refractivity contribution in [3.8, 4) is 5.75 Å². The van der Waals surface area contributed by atoms with Crippen LogP contribution in [0.25, 0.3) is 0 Å². The smallest absolute Gasteiger partial charge is 0.119 e. The number of aliphatic hydroxyl groups excluding tert-OH is 1. The van der Waals surface area contributed by atoms with E-state index in [1.807, 2.05) is 0 Å². The Balaban J connectivity index is 1.71. The Morgan fingerprint density at radius 3 is 2.63 bits per heavy atom. The third kappa shape index (κ3) is 4.22. The quantitative estimate of drug-likeness (QED) is 0.856. The molecule has 1 fully saturated rings. The summed E-state index contributed by atoms with van der Waals surface area (Å²) in [5.41, 5.74) is 1.35. The Bertz CT molecular complexity index is 375. The SMILES string of the molecule is CC(C)c1ccc(OCCN2CCC(CO)C2)cc1. The van der Waals surface area contributed by atoms with Crippen LogP contribution in [0.3, 0.4) is 0 Å². The van der Waals surface area contributed by atoms with Crippen LogP contribution in [-0.4, -0.2) is 42.9 Å². The van der Waals surface area contributed by atoms with Gasteiger partial charge in [-0.25, -0.2) is 0 Å². The summed E-state index contributed by atoms with van der Waals surface area (Å²) in [6.07, 6.45) is 1.11. The molecule has 1 saturated heterocycles. The van der Waals surface area contributed by atoms with Gasteiger partial charge in [-0.15, -0.1) is 0 Å².